The number of phenols is 1. The smallest absolute Gasteiger partial charge is 0.342 e. The molecule has 0 aliphatic heterocycles. The first-order valence-electron chi connectivity index (χ1n) is 7.86. The Morgan fingerprint density at radius 1 is 1.22 bits per heavy atom. The van der Waals surface area contributed by atoms with Crippen LogP contribution in [-0.4, -0.2) is 35.1 Å². The summed E-state index contributed by atoms with van der Waals surface area (Å²) in [6, 6.07) is 8.31. The molecular weight excluding hydrogens is 356 g/mol. The van der Waals surface area contributed by atoms with Gasteiger partial charge in [-0.15, -0.1) is 0 Å². The largest absolute Gasteiger partial charge is 0.507 e. The first kappa shape index (κ1) is 19.7. The Morgan fingerprint density at radius 3 is 2.52 bits per heavy atom. The van der Waals surface area contributed by atoms with Crippen LogP contribution in [0.2, 0.25) is 0 Å². The predicted octanol–water partition coefficient (Wildman–Crippen LogP) is 2.80. The van der Waals surface area contributed by atoms with Crippen molar-refractivity contribution in [2.24, 2.45) is 0 Å². The van der Waals surface area contributed by atoms with E-state index < -0.39 is 22.9 Å². The van der Waals surface area contributed by atoms with Gasteiger partial charge in [0.1, 0.15) is 22.7 Å². The van der Waals surface area contributed by atoms with Crippen LogP contribution in [0.3, 0.4) is 0 Å². The summed E-state index contributed by atoms with van der Waals surface area (Å²) in [6.07, 6.45) is -1.25. The summed E-state index contributed by atoms with van der Waals surface area (Å²) >= 11 is 0. The summed E-state index contributed by atoms with van der Waals surface area (Å²) in [5, 5.41) is 23.3. The fourth-order valence-corrected chi connectivity index (χ4v) is 2.22. The van der Waals surface area contributed by atoms with E-state index in [1.54, 1.807) is 13.0 Å². The molecule has 27 heavy (non-hydrogen) atoms. The molecule has 2 aromatic carbocycles. The number of aromatic hydroxyl groups is 1. The third-order valence-corrected chi connectivity index (χ3v) is 3.69. The van der Waals surface area contributed by atoms with Gasteiger partial charge in [-0.05, 0) is 43.7 Å². The zero-order valence-electron chi connectivity index (χ0n) is 14.9. The fourth-order valence-electron chi connectivity index (χ4n) is 2.22. The Kier molecular flexibility index (Phi) is 5.96. The van der Waals surface area contributed by atoms with Crippen LogP contribution in [0, 0.1) is 17.0 Å². The zero-order chi connectivity index (χ0) is 20.1. The molecule has 1 atom stereocenters. The Balaban J connectivity index is 2.12. The van der Waals surface area contributed by atoms with Crippen LogP contribution < -0.4 is 10.1 Å². The number of hydrogen-bond acceptors (Lipinski definition) is 7. The van der Waals surface area contributed by atoms with Gasteiger partial charge in [0.05, 0.1) is 18.1 Å². The maximum absolute atomic E-state index is 12.2. The van der Waals surface area contributed by atoms with Crippen molar-refractivity contribution in [2.45, 2.75) is 20.0 Å². The van der Waals surface area contributed by atoms with E-state index in [1.165, 1.54) is 38.3 Å². The highest BCUT2D eigenvalue weighted by molar-refractivity contribution is 5.99. The van der Waals surface area contributed by atoms with Crippen molar-refractivity contribution in [2.75, 3.05) is 12.4 Å². The van der Waals surface area contributed by atoms with Crippen molar-refractivity contribution in [1.82, 2.24) is 0 Å². The van der Waals surface area contributed by atoms with Crippen molar-refractivity contribution in [3.63, 3.8) is 0 Å². The van der Waals surface area contributed by atoms with E-state index >= 15 is 0 Å². The van der Waals surface area contributed by atoms with Crippen LogP contribution in [0.25, 0.3) is 0 Å². The number of rotatable bonds is 6. The van der Waals surface area contributed by atoms with Crippen LogP contribution in [0.15, 0.2) is 36.4 Å². The Bertz CT molecular complexity index is 895. The number of nitro groups is 1. The molecule has 0 aliphatic rings. The number of phenolic OH excluding ortho intramolecular Hbond substituents is 1. The van der Waals surface area contributed by atoms with Crippen LogP contribution in [0.5, 0.6) is 11.5 Å². The van der Waals surface area contributed by atoms with Crippen molar-refractivity contribution in [1.29, 1.82) is 0 Å². The highest BCUT2D eigenvalue weighted by Gasteiger charge is 2.24. The summed E-state index contributed by atoms with van der Waals surface area (Å²) in [5.41, 5.74) is 0.238. The predicted molar refractivity (Wildman–Crippen MR) is 96.0 cm³/mol. The van der Waals surface area contributed by atoms with Gasteiger partial charge in [-0.25, -0.2) is 4.79 Å². The molecule has 0 radical (unpaired) electrons. The molecule has 0 bridgehead atoms. The van der Waals surface area contributed by atoms with Gasteiger partial charge in [0.25, 0.3) is 11.6 Å². The lowest BCUT2D eigenvalue weighted by molar-refractivity contribution is -0.384. The van der Waals surface area contributed by atoms with Gasteiger partial charge >= 0.3 is 5.97 Å². The van der Waals surface area contributed by atoms with Gasteiger partial charge in [0.15, 0.2) is 6.10 Å². The van der Waals surface area contributed by atoms with E-state index in [9.17, 15) is 24.8 Å². The molecule has 1 amide bonds. The molecule has 2 aromatic rings. The van der Waals surface area contributed by atoms with Crippen molar-refractivity contribution < 1.29 is 29.1 Å². The average molecular weight is 374 g/mol. The summed E-state index contributed by atoms with van der Waals surface area (Å²) in [7, 11) is 1.36. The van der Waals surface area contributed by atoms with E-state index in [1.807, 2.05) is 0 Å². The van der Waals surface area contributed by atoms with Crippen molar-refractivity contribution in [3.8, 4) is 11.5 Å². The number of benzene rings is 2. The lowest BCUT2D eigenvalue weighted by Gasteiger charge is -2.14. The topological polar surface area (TPSA) is 128 Å². The molecule has 0 unspecified atom stereocenters. The van der Waals surface area contributed by atoms with Crippen LogP contribution in [0.4, 0.5) is 11.4 Å². The minimum absolute atomic E-state index is 0.0631. The molecule has 0 spiro atoms. The molecular formula is C18H18N2O7. The lowest BCUT2D eigenvalue weighted by atomic mass is 10.1. The highest BCUT2D eigenvalue weighted by Crippen LogP contribution is 2.29. The molecule has 2 N–H and O–H groups in total. The van der Waals surface area contributed by atoms with Crippen LogP contribution >= 0.6 is 0 Å². The molecule has 9 nitrogen and oxygen atoms in total. The molecule has 0 aliphatic carbocycles. The highest BCUT2D eigenvalue weighted by atomic mass is 16.6. The SMILES string of the molecule is COc1ccc(NC(=O)[C@H](C)OC(=O)c2ccc(C)cc2O)c([N+](=O)[O-])c1. The van der Waals surface area contributed by atoms with E-state index in [2.05, 4.69) is 5.32 Å². The molecule has 2 rings (SSSR count). The first-order chi connectivity index (χ1) is 12.7. The first-order valence-corrected chi connectivity index (χ1v) is 7.86. The third-order valence-electron chi connectivity index (χ3n) is 3.69. The number of hydrogen-bond donors (Lipinski definition) is 2. The number of anilines is 1. The number of carbonyl (C=O) groups excluding carboxylic acids is 2. The second kappa shape index (κ2) is 8.17. The second-order valence-electron chi connectivity index (χ2n) is 5.70. The quantitative estimate of drug-likeness (QED) is 0.452. The molecule has 0 fully saturated rings. The van der Waals surface area contributed by atoms with Crippen LogP contribution in [-0.2, 0) is 9.53 Å². The van der Waals surface area contributed by atoms with Gasteiger partial charge in [-0.1, -0.05) is 6.07 Å². The van der Waals surface area contributed by atoms with E-state index in [4.69, 9.17) is 9.47 Å². The number of carbonyl (C=O) groups is 2. The Morgan fingerprint density at radius 2 is 1.93 bits per heavy atom. The number of nitrogens with zero attached hydrogens (tertiary/aromatic N) is 1. The fraction of sp³-hybridized carbons (Fsp3) is 0.222. The molecule has 0 aromatic heterocycles. The number of aryl methyl sites for hydroxylation is 1. The average Bonchev–Trinajstić information content (AvgIpc) is 2.61. The standard InChI is InChI=1S/C18H18N2O7/c1-10-4-6-13(16(21)8-10)18(23)27-11(2)17(22)19-14-7-5-12(26-3)9-15(14)20(24)25/h4-9,11,21H,1-3H3,(H,19,22)/t11-/m0/s1. The molecule has 142 valence electrons. The molecule has 0 saturated heterocycles. The number of ether oxygens (including phenoxy) is 2. The summed E-state index contributed by atoms with van der Waals surface area (Å²) in [6.45, 7) is 3.06. The molecule has 0 heterocycles. The number of nitro benzene ring substituents is 1. The minimum Gasteiger partial charge on any atom is -0.507 e. The number of amides is 1. The van der Waals surface area contributed by atoms with Crippen molar-refractivity contribution in [3.05, 3.63) is 57.6 Å². The summed E-state index contributed by atoms with van der Waals surface area (Å²) in [4.78, 5) is 34.8. The number of esters is 1. The second-order valence-corrected chi connectivity index (χ2v) is 5.70. The maximum atomic E-state index is 12.2. The maximum Gasteiger partial charge on any atom is 0.342 e. The number of methoxy groups -OCH3 is 1. The Hall–Kier alpha value is -3.62. The van der Waals surface area contributed by atoms with Gasteiger partial charge < -0.3 is 19.9 Å². The summed E-state index contributed by atoms with van der Waals surface area (Å²) < 4.78 is 9.95. The molecule has 0 saturated carbocycles. The van der Waals surface area contributed by atoms with E-state index in [0.29, 0.717) is 0 Å². The number of nitrogens with one attached hydrogen (secondary N) is 1. The summed E-state index contributed by atoms with van der Waals surface area (Å²) in [5.74, 6) is -1.66. The minimum atomic E-state index is -1.25. The third kappa shape index (κ3) is 4.72. The normalized spacial score (nSPS) is 11.4. The lowest BCUT2D eigenvalue weighted by Crippen LogP contribution is -2.30. The monoisotopic (exact) mass is 374 g/mol. The van der Waals surface area contributed by atoms with Gasteiger partial charge in [0, 0.05) is 0 Å². The molecule has 9 heteroatoms. The zero-order valence-corrected chi connectivity index (χ0v) is 14.9. The Labute approximate surface area is 154 Å². The van der Waals surface area contributed by atoms with E-state index in [0.717, 1.165) is 11.6 Å². The van der Waals surface area contributed by atoms with E-state index in [-0.39, 0.29) is 28.4 Å². The van der Waals surface area contributed by atoms with Gasteiger partial charge in [-0.3, -0.25) is 14.9 Å². The van der Waals surface area contributed by atoms with Gasteiger partial charge in [0.2, 0.25) is 0 Å². The van der Waals surface area contributed by atoms with Gasteiger partial charge in [-0.2, -0.15) is 0 Å². The van der Waals surface area contributed by atoms with Crippen LogP contribution in [0.1, 0.15) is 22.8 Å². The van der Waals surface area contributed by atoms with Crippen molar-refractivity contribution >= 4 is 23.3 Å².